The number of halogens is 5. The maximum atomic E-state index is 12.6. The lowest BCUT2D eigenvalue weighted by Gasteiger charge is -2.09. The molecule has 0 radical (unpaired) electrons. The van der Waals surface area contributed by atoms with Gasteiger partial charge >= 0.3 is 6.18 Å². The number of pyridine rings is 1. The monoisotopic (exact) mass is 393 g/mol. The standard InChI is InChI=1S/C14H8BrClF3NO2/c1-22-11-3-2-7(4-9(11)15)13(21)12-10(16)5-8(6-20-12)14(17,18)19/h2-6H,1H3. The van der Waals surface area contributed by atoms with Gasteiger partial charge in [0.25, 0.3) is 0 Å². The van der Waals surface area contributed by atoms with Crippen molar-refractivity contribution in [3.8, 4) is 5.75 Å². The first-order chi connectivity index (χ1) is 10.2. The molecular weight excluding hydrogens is 387 g/mol. The van der Waals surface area contributed by atoms with E-state index in [0.717, 1.165) is 0 Å². The van der Waals surface area contributed by atoms with Crippen LogP contribution in [0.15, 0.2) is 34.9 Å². The quantitative estimate of drug-likeness (QED) is 0.705. The minimum absolute atomic E-state index is 0.224. The van der Waals surface area contributed by atoms with Gasteiger partial charge in [-0.3, -0.25) is 9.78 Å². The molecule has 0 saturated carbocycles. The van der Waals surface area contributed by atoms with Crippen LogP contribution in [0.25, 0.3) is 0 Å². The van der Waals surface area contributed by atoms with Crippen LogP contribution < -0.4 is 4.74 Å². The number of hydrogen-bond donors (Lipinski definition) is 0. The molecule has 22 heavy (non-hydrogen) atoms. The van der Waals surface area contributed by atoms with E-state index in [0.29, 0.717) is 22.5 Å². The van der Waals surface area contributed by atoms with Crippen molar-refractivity contribution in [1.82, 2.24) is 4.98 Å². The first-order valence-corrected chi connectivity index (χ1v) is 7.02. The summed E-state index contributed by atoms with van der Waals surface area (Å²) in [6.45, 7) is 0. The molecule has 0 fully saturated rings. The average molecular weight is 395 g/mol. The third-order valence-corrected chi connectivity index (χ3v) is 3.71. The maximum Gasteiger partial charge on any atom is 0.417 e. The Morgan fingerprint density at radius 3 is 2.50 bits per heavy atom. The summed E-state index contributed by atoms with van der Waals surface area (Å²) in [5.74, 6) is -0.0647. The Morgan fingerprint density at radius 1 is 1.32 bits per heavy atom. The predicted molar refractivity (Wildman–Crippen MR) is 78.4 cm³/mol. The molecule has 1 aromatic heterocycles. The minimum atomic E-state index is -4.57. The number of rotatable bonds is 3. The Kier molecular flexibility index (Phi) is 4.77. The molecule has 1 heterocycles. The van der Waals surface area contributed by atoms with Gasteiger partial charge in [0.1, 0.15) is 11.4 Å². The average Bonchev–Trinajstić information content (AvgIpc) is 2.45. The van der Waals surface area contributed by atoms with Crippen LogP contribution in [0.4, 0.5) is 13.2 Å². The van der Waals surface area contributed by atoms with Crippen molar-refractivity contribution >= 4 is 33.3 Å². The summed E-state index contributed by atoms with van der Waals surface area (Å²) in [4.78, 5) is 15.8. The van der Waals surface area contributed by atoms with E-state index >= 15 is 0 Å². The van der Waals surface area contributed by atoms with Crippen LogP contribution in [-0.2, 0) is 6.18 Å². The number of ether oxygens (including phenoxy) is 1. The SMILES string of the molecule is COc1ccc(C(=O)c2ncc(C(F)(F)F)cc2Cl)cc1Br. The number of benzene rings is 1. The molecule has 0 aliphatic rings. The normalized spacial score (nSPS) is 11.4. The molecule has 0 saturated heterocycles. The van der Waals surface area contributed by atoms with E-state index in [1.165, 1.54) is 19.2 Å². The largest absolute Gasteiger partial charge is 0.496 e. The highest BCUT2D eigenvalue weighted by Crippen LogP contribution is 2.32. The summed E-state index contributed by atoms with van der Waals surface area (Å²) in [5.41, 5.74) is -1.03. The lowest BCUT2D eigenvalue weighted by Crippen LogP contribution is -2.10. The number of ketones is 1. The van der Waals surface area contributed by atoms with Gasteiger partial charge in [-0.15, -0.1) is 0 Å². The zero-order valence-corrected chi connectivity index (χ0v) is 13.4. The highest BCUT2D eigenvalue weighted by atomic mass is 79.9. The molecule has 0 N–H and O–H groups in total. The second-order valence-electron chi connectivity index (χ2n) is 4.23. The molecule has 0 aliphatic carbocycles. The molecule has 2 aromatic rings. The lowest BCUT2D eigenvalue weighted by molar-refractivity contribution is -0.137. The number of nitrogens with zero attached hydrogens (tertiary/aromatic N) is 1. The molecule has 0 bridgehead atoms. The van der Waals surface area contributed by atoms with Gasteiger partial charge in [-0.05, 0) is 40.2 Å². The Bertz CT molecular complexity index is 735. The van der Waals surface area contributed by atoms with Crippen LogP contribution >= 0.6 is 27.5 Å². The van der Waals surface area contributed by atoms with Gasteiger partial charge in [0.15, 0.2) is 0 Å². The molecule has 0 aliphatic heterocycles. The molecule has 0 spiro atoms. The van der Waals surface area contributed by atoms with Gasteiger partial charge in [-0.1, -0.05) is 11.6 Å². The third kappa shape index (κ3) is 3.41. The van der Waals surface area contributed by atoms with E-state index < -0.39 is 17.5 Å². The van der Waals surface area contributed by atoms with Gasteiger partial charge < -0.3 is 4.74 Å². The Labute approximate surface area is 137 Å². The van der Waals surface area contributed by atoms with Gasteiger partial charge in [-0.25, -0.2) is 0 Å². The molecular formula is C14H8BrClF3NO2. The molecule has 1 aromatic carbocycles. The smallest absolute Gasteiger partial charge is 0.417 e. The zero-order valence-electron chi connectivity index (χ0n) is 11.0. The summed E-state index contributed by atoms with van der Waals surface area (Å²) < 4.78 is 43.2. The van der Waals surface area contributed by atoms with Crippen molar-refractivity contribution in [2.24, 2.45) is 0 Å². The van der Waals surface area contributed by atoms with Crippen LogP contribution in [0.3, 0.4) is 0 Å². The van der Waals surface area contributed by atoms with E-state index in [9.17, 15) is 18.0 Å². The zero-order chi connectivity index (χ0) is 16.5. The second-order valence-corrected chi connectivity index (χ2v) is 5.49. The van der Waals surface area contributed by atoms with E-state index in [1.54, 1.807) is 6.07 Å². The van der Waals surface area contributed by atoms with Crippen molar-refractivity contribution in [3.05, 3.63) is 56.8 Å². The molecule has 0 atom stereocenters. The van der Waals surface area contributed by atoms with Crippen LogP contribution in [0, 0.1) is 0 Å². The Balaban J connectivity index is 2.40. The summed E-state index contributed by atoms with van der Waals surface area (Å²) in [6.07, 6.45) is -3.99. The molecule has 3 nitrogen and oxygen atoms in total. The third-order valence-electron chi connectivity index (χ3n) is 2.80. The van der Waals surface area contributed by atoms with Crippen molar-refractivity contribution in [2.75, 3.05) is 7.11 Å². The molecule has 8 heteroatoms. The molecule has 0 amide bonds. The fraction of sp³-hybridized carbons (Fsp3) is 0.143. The van der Waals surface area contributed by atoms with Crippen molar-refractivity contribution < 1.29 is 22.7 Å². The van der Waals surface area contributed by atoms with Gasteiger partial charge in [0.2, 0.25) is 5.78 Å². The number of aromatic nitrogens is 1. The van der Waals surface area contributed by atoms with E-state index in [-0.39, 0.29) is 16.3 Å². The van der Waals surface area contributed by atoms with E-state index in [1.807, 2.05) is 0 Å². The predicted octanol–water partition coefficient (Wildman–Crippen LogP) is 4.76. The highest BCUT2D eigenvalue weighted by Gasteiger charge is 2.32. The van der Waals surface area contributed by atoms with Crippen LogP contribution in [-0.4, -0.2) is 17.9 Å². The van der Waals surface area contributed by atoms with Crippen molar-refractivity contribution in [3.63, 3.8) is 0 Å². The van der Waals surface area contributed by atoms with Crippen LogP contribution in [0.2, 0.25) is 5.02 Å². The van der Waals surface area contributed by atoms with E-state index in [4.69, 9.17) is 16.3 Å². The van der Waals surface area contributed by atoms with Crippen LogP contribution in [0.5, 0.6) is 5.75 Å². The summed E-state index contributed by atoms with van der Waals surface area (Å²) in [7, 11) is 1.47. The highest BCUT2D eigenvalue weighted by molar-refractivity contribution is 9.10. The van der Waals surface area contributed by atoms with Gasteiger partial charge in [0, 0.05) is 11.8 Å². The number of hydrogen-bond acceptors (Lipinski definition) is 3. The Hall–Kier alpha value is -1.60. The van der Waals surface area contributed by atoms with Gasteiger partial charge in [0.05, 0.1) is 22.2 Å². The number of methoxy groups -OCH3 is 1. The van der Waals surface area contributed by atoms with Gasteiger partial charge in [-0.2, -0.15) is 13.2 Å². The maximum absolute atomic E-state index is 12.6. The van der Waals surface area contributed by atoms with Crippen LogP contribution in [0.1, 0.15) is 21.6 Å². The molecule has 0 unspecified atom stereocenters. The lowest BCUT2D eigenvalue weighted by atomic mass is 10.1. The number of carbonyl (C=O) groups excluding carboxylic acids is 1. The minimum Gasteiger partial charge on any atom is -0.496 e. The first-order valence-electron chi connectivity index (χ1n) is 5.85. The summed E-state index contributed by atoms with van der Waals surface area (Å²) in [5, 5.41) is -0.355. The first kappa shape index (κ1) is 16.8. The summed E-state index contributed by atoms with van der Waals surface area (Å²) >= 11 is 8.98. The summed E-state index contributed by atoms with van der Waals surface area (Å²) in [6, 6.07) is 5.19. The second kappa shape index (κ2) is 6.26. The van der Waals surface area contributed by atoms with Crippen molar-refractivity contribution in [2.45, 2.75) is 6.18 Å². The Morgan fingerprint density at radius 2 is 2.00 bits per heavy atom. The van der Waals surface area contributed by atoms with Crippen molar-refractivity contribution in [1.29, 1.82) is 0 Å². The molecule has 116 valence electrons. The molecule has 2 rings (SSSR count). The fourth-order valence-electron chi connectivity index (χ4n) is 1.70. The number of alkyl halides is 3. The van der Waals surface area contributed by atoms with E-state index in [2.05, 4.69) is 20.9 Å². The number of carbonyl (C=O) groups is 1. The topological polar surface area (TPSA) is 39.2 Å². The fourth-order valence-corrected chi connectivity index (χ4v) is 2.50.